The molecule has 0 saturated carbocycles. The van der Waals surface area contributed by atoms with Gasteiger partial charge < -0.3 is 10.1 Å². The van der Waals surface area contributed by atoms with Crippen LogP contribution in [0.4, 0.5) is 10.1 Å². The third kappa shape index (κ3) is 4.21. The number of benzene rings is 3. The number of carbonyl (C=O) groups is 1. The Balaban J connectivity index is 1.68. The maximum Gasteiger partial charge on any atom is 0.255 e. The minimum atomic E-state index is -0.333. The number of nitrogens with zero attached hydrogens (tertiary/aromatic N) is 1. The summed E-state index contributed by atoms with van der Waals surface area (Å²) >= 11 is 0. The van der Waals surface area contributed by atoms with Crippen molar-refractivity contribution in [3.63, 3.8) is 0 Å². The highest BCUT2D eigenvalue weighted by molar-refractivity contribution is 6.04. The van der Waals surface area contributed by atoms with Crippen LogP contribution in [-0.2, 0) is 0 Å². The molecule has 5 heteroatoms. The molecule has 0 aromatic heterocycles. The summed E-state index contributed by atoms with van der Waals surface area (Å²) in [6.07, 6.45) is 0. The summed E-state index contributed by atoms with van der Waals surface area (Å²) in [5, 5.41) is 11.6. The molecule has 0 spiro atoms. The van der Waals surface area contributed by atoms with E-state index in [1.54, 1.807) is 48.5 Å². The number of hydrogen-bond donors (Lipinski definition) is 1. The molecule has 0 radical (unpaired) electrons. The first kappa shape index (κ1) is 16.2. The lowest BCUT2D eigenvalue weighted by molar-refractivity contribution is 0.102. The Labute approximate surface area is 144 Å². The van der Waals surface area contributed by atoms with Crippen LogP contribution in [0.3, 0.4) is 0 Å². The predicted octanol–water partition coefficient (Wildman–Crippen LogP) is 4.74. The van der Waals surface area contributed by atoms with Gasteiger partial charge in [0, 0.05) is 11.3 Å². The van der Waals surface area contributed by atoms with Gasteiger partial charge in [-0.15, -0.1) is 0 Å². The molecule has 0 unspecified atom stereocenters. The van der Waals surface area contributed by atoms with Gasteiger partial charge in [-0.25, -0.2) is 4.39 Å². The second kappa shape index (κ2) is 7.28. The van der Waals surface area contributed by atoms with Crippen LogP contribution < -0.4 is 10.1 Å². The molecule has 3 aromatic carbocycles. The van der Waals surface area contributed by atoms with E-state index in [1.807, 2.05) is 6.07 Å². The molecule has 0 bridgehead atoms. The molecule has 0 saturated heterocycles. The van der Waals surface area contributed by atoms with Crippen LogP contribution >= 0.6 is 0 Å². The zero-order chi connectivity index (χ0) is 17.6. The maximum absolute atomic E-state index is 12.9. The van der Waals surface area contributed by atoms with Crippen molar-refractivity contribution in [3.05, 3.63) is 89.7 Å². The summed E-state index contributed by atoms with van der Waals surface area (Å²) < 4.78 is 18.5. The van der Waals surface area contributed by atoms with Crippen molar-refractivity contribution in [3.8, 4) is 17.6 Å². The first-order valence-corrected chi connectivity index (χ1v) is 7.49. The van der Waals surface area contributed by atoms with Gasteiger partial charge in [-0.05, 0) is 66.7 Å². The van der Waals surface area contributed by atoms with Gasteiger partial charge in [-0.3, -0.25) is 4.79 Å². The van der Waals surface area contributed by atoms with E-state index >= 15 is 0 Å². The molecule has 1 amide bonds. The number of anilines is 1. The van der Waals surface area contributed by atoms with Crippen molar-refractivity contribution in [2.45, 2.75) is 0 Å². The summed E-state index contributed by atoms with van der Waals surface area (Å²) in [7, 11) is 0. The van der Waals surface area contributed by atoms with Gasteiger partial charge in [0.05, 0.1) is 11.6 Å². The van der Waals surface area contributed by atoms with E-state index in [1.165, 1.54) is 24.3 Å². The standard InChI is InChI=1S/C20H13FN2O2/c21-16-6-10-19(11-7-16)25-18-8-4-15(5-9-18)20(24)23-17-3-1-2-14(12-17)13-22/h1-12H,(H,23,24). The number of nitriles is 1. The number of carbonyl (C=O) groups excluding carboxylic acids is 1. The van der Waals surface area contributed by atoms with Crippen LogP contribution in [0.25, 0.3) is 0 Å². The number of nitrogens with one attached hydrogen (secondary N) is 1. The minimum Gasteiger partial charge on any atom is -0.457 e. The van der Waals surface area contributed by atoms with Crippen molar-refractivity contribution in [2.75, 3.05) is 5.32 Å². The lowest BCUT2D eigenvalue weighted by atomic mass is 10.2. The Morgan fingerprint density at radius 1 is 0.960 bits per heavy atom. The van der Waals surface area contributed by atoms with Crippen molar-refractivity contribution < 1.29 is 13.9 Å². The minimum absolute atomic E-state index is 0.288. The van der Waals surface area contributed by atoms with Crippen LogP contribution in [0, 0.1) is 17.1 Å². The molecule has 0 atom stereocenters. The largest absolute Gasteiger partial charge is 0.457 e. The van der Waals surface area contributed by atoms with Crippen molar-refractivity contribution in [2.24, 2.45) is 0 Å². The highest BCUT2D eigenvalue weighted by Gasteiger charge is 2.07. The van der Waals surface area contributed by atoms with Gasteiger partial charge in [-0.2, -0.15) is 5.26 Å². The van der Waals surface area contributed by atoms with Crippen LogP contribution in [0.1, 0.15) is 15.9 Å². The Morgan fingerprint density at radius 3 is 2.24 bits per heavy atom. The molecule has 0 heterocycles. The van der Waals surface area contributed by atoms with Crippen molar-refractivity contribution >= 4 is 11.6 Å². The van der Waals surface area contributed by atoms with Gasteiger partial charge >= 0.3 is 0 Å². The average molecular weight is 332 g/mol. The summed E-state index contributed by atoms with van der Waals surface area (Å²) in [4.78, 5) is 12.2. The molecule has 25 heavy (non-hydrogen) atoms. The van der Waals surface area contributed by atoms with E-state index in [9.17, 15) is 9.18 Å². The van der Waals surface area contributed by atoms with Gasteiger partial charge in [0.2, 0.25) is 0 Å². The highest BCUT2D eigenvalue weighted by Crippen LogP contribution is 2.22. The van der Waals surface area contributed by atoms with E-state index in [4.69, 9.17) is 10.00 Å². The number of ether oxygens (including phenoxy) is 1. The topological polar surface area (TPSA) is 62.1 Å². The summed E-state index contributed by atoms with van der Waals surface area (Å²) in [6.45, 7) is 0. The molecule has 1 N–H and O–H groups in total. The van der Waals surface area contributed by atoms with Crippen LogP contribution in [0.15, 0.2) is 72.8 Å². The Bertz CT molecular complexity index is 929. The zero-order valence-corrected chi connectivity index (χ0v) is 13.1. The third-order valence-electron chi connectivity index (χ3n) is 3.42. The van der Waals surface area contributed by atoms with E-state index in [-0.39, 0.29) is 11.7 Å². The zero-order valence-electron chi connectivity index (χ0n) is 13.1. The molecule has 0 aliphatic rings. The van der Waals surface area contributed by atoms with Crippen LogP contribution in [0.2, 0.25) is 0 Å². The molecule has 0 aliphatic carbocycles. The fourth-order valence-electron chi connectivity index (χ4n) is 2.18. The van der Waals surface area contributed by atoms with E-state index in [0.29, 0.717) is 28.3 Å². The lowest BCUT2D eigenvalue weighted by Gasteiger charge is -2.08. The van der Waals surface area contributed by atoms with Gasteiger partial charge in [0.25, 0.3) is 5.91 Å². The quantitative estimate of drug-likeness (QED) is 0.750. The molecule has 0 aliphatic heterocycles. The van der Waals surface area contributed by atoms with E-state index in [0.717, 1.165) is 0 Å². The number of amides is 1. The predicted molar refractivity (Wildman–Crippen MR) is 92.0 cm³/mol. The SMILES string of the molecule is N#Cc1cccc(NC(=O)c2ccc(Oc3ccc(F)cc3)cc2)c1. The number of halogens is 1. The third-order valence-corrected chi connectivity index (χ3v) is 3.42. The van der Waals surface area contributed by atoms with Gasteiger partial charge in [0.1, 0.15) is 17.3 Å². The fraction of sp³-hybridized carbons (Fsp3) is 0. The average Bonchev–Trinajstić information content (AvgIpc) is 2.64. The molecule has 122 valence electrons. The molecular weight excluding hydrogens is 319 g/mol. The van der Waals surface area contributed by atoms with Gasteiger partial charge in [-0.1, -0.05) is 6.07 Å². The Kier molecular flexibility index (Phi) is 4.72. The summed E-state index contributed by atoms with van der Waals surface area (Å²) in [5.41, 5.74) is 1.48. The smallest absolute Gasteiger partial charge is 0.255 e. The first-order chi connectivity index (χ1) is 12.1. The second-order valence-corrected chi connectivity index (χ2v) is 5.23. The van der Waals surface area contributed by atoms with Crippen LogP contribution in [-0.4, -0.2) is 5.91 Å². The Hall–Kier alpha value is -3.65. The fourth-order valence-corrected chi connectivity index (χ4v) is 2.18. The number of hydrogen-bond acceptors (Lipinski definition) is 3. The van der Waals surface area contributed by atoms with Crippen LogP contribution in [0.5, 0.6) is 11.5 Å². The normalized spacial score (nSPS) is 9.92. The molecular formula is C20H13FN2O2. The van der Waals surface area contributed by atoms with E-state index < -0.39 is 0 Å². The van der Waals surface area contributed by atoms with Crippen molar-refractivity contribution in [1.29, 1.82) is 5.26 Å². The molecule has 0 fully saturated rings. The summed E-state index contributed by atoms with van der Waals surface area (Å²) in [5.74, 6) is 0.421. The van der Waals surface area contributed by atoms with E-state index in [2.05, 4.69) is 5.32 Å². The van der Waals surface area contributed by atoms with Crippen molar-refractivity contribution in [1.82, 2.24) is 0 Å². The monoisotopic (exact) mass is 332 g/mol. The number of rotatable bonds is 4. The molecule has 3 rings (SSSR count). The second-order valence-electron chi connectivity index (χ2n) is 5.23. The molecule has 3 aromatic rings. The van der Waals surface area contributed by atoms with Gasteiger partial charge in [0.15, 0.2) is 0 Å². The maximum atomic E-state index is 12.9. The summed E-state index contributed by atoms with van der Waals surface area (Å²) in [6, 6.07) is 20.9. The first-order valence-electron chi connectivity index (χ1n) is 7.49. The highest BCUT2D eigenvalue weighted by atomic mass is 19.1. The lowest BCUT2D eigenvalue weighted by Crippen LogP contribution is -2.11. The molecule has 4 nitrogen and oxygen atoms in total. The Morgan fingerprint density at radius 2 is 1.60 bits per heavy atom.